The van der Waals surface area contributed by atoms with Crippen LogP contribution in [0, 0.1) is 0 Å². The van der Waals surface area contributed by atoms with E-state index in [2.05, 4.69) is 19.1 Å². The van der Waals surface area contributed by atoms with Crippen molar-refractivity contribution in [1.29, 1.82) is 0 Å². The van der Waals surface area contributed by atoms with Gasteiger partial charge in [0, 0.05) is 5.41 Å². The second-order valence-electron chi connectivity index (χ2n) is 5.46. The zero-order valence-electron chi connectivity index (χ0n) is 13.2. The highest BCUT2D eigenvalue weighted by Gasteiger charge is 2.31. The van der Waals surface area contributed by atoms with Crippen molar-refractivity contribution in [3.8, 4) is 11.5 Å². The third-order valence-electron chi connectivity index (χ3n) is 4.12. The van der Waals surface area contributed by atoms with Gasteiger partial charge in [-0.15, -0.1) is 0 Å². The first-order chi connectivity index (χ1) is 10.5. The molecule has 0 atom stereocenters. The quantitative estimate of drug-likeness (QED) is 0.785. The van der Waals surface area contributed by atoms with Crippen molar-refractivity contribution in [1.82, 2.24) is 0 Å². The van der Waals surface area contributed by atoms with Crippen molar-refractivity contribution in [2.24, 2.45) is 0 Å². The third kappa shape index (κ3) is 2.91. The Hall–Kier alpha value is -2.48. The van der Waals surface area contributed by atoms with Crippen LogP contribution in [0.25, 0.3) is 0 Å². The Kier molecular flexibility index (Phi) is 4.71. The van der Waals surface area contributed by atoms with E-state index >= 15 is 0 Å². The molecule has 0 bridgehead atoms. The largest absolute Gasteiger partial charge is 0.508 e. The zero-order chi connectivity index (χ0) is 16.2. The SMILES string of the molecule is C/C=C\C(=C/C)C(C)(c1ccc(O)cc1)c1ccc(O)cc1. The molecule has 2 heteroatoms. The lowest BCUT2D eigenvalue weighted by molar-refractivity contribution is 0.474. The molecule has 2 aromatic carbocycles. The first kappa shape index (κ1) is 15.9. The predicted octanol–water partition coefficient (Wildman–Crippen LogP) is 4.93. The summed E-state index contributed by atoms with van der Waals surface area (Å²) in [5.41, 5.74) is 2.97. The Morgan fingerprint density at radius 1 is 0.818 bits per heavy atom. The summed E-state index contributed by atoms with van der Waals surface area (Å²) < 4.78 is 0. The Labute approximate surface area is 132 Å². The maximum Gasteiger partial charge on any atom is 0.115 e. The summed E-state index contributed by atoms with van der Waals surface area (Å²) in [6.07, 6.45) is 6.22. The van der Waals surface area contributed by atoms with E-state index in [1.807, 2.05) is 44.2 Å². The van der Waals surface area contributed by atoms with Gasteiger partial charge in [0.25, 0.3) is 0 Å². The Bertz CT molecular complexity index is 631. The van der Waals surface area contributed by atoms with Gasteiger partial charge in [-0.1, -0.05) is 42.5 Å². The van der Waals surface area contributed by atoms with Gasteiger partial charge in [0.05, 0.1) is 0 Å². The number of rotatable bonds is 4. The molecule has 0 aromatic heterocycles. The normalized spacial score (nSPS) is 12.8. The molecule has 0 aliphatic carbocycles. The molecule has 0 aliphatic heterocycles. The number of benzene rings is 2. The lowest BCUT2D eigenvalue weighted by Crippen LogP contribution is -2.25. The van der Waals surface area contributed by atoms with Gasteiger partial charge >= 0.3 is 0 Å². The van der Waals surface area contributed by atoms with Crippen molar-refractivity contribution in [3.05, 3.63) is 83.5 Å². The third-order valence-corrected chi connectivity index (χ3v) is 4.12. The molecular weight excluding hydrogens is 272 g/mol. The van der Waals surface area contributed by atoms with Crippen molar-refractivity contribution in [3.63, 3.8) is 0 Å². The van der Waals surface area contributed by atoms with Crippen LogP contribution in [0.3, 0.4) is 0 Å². The summed E-state index contributed by atoms with van der Waals surface area (Å²) >= 11 is 0. The molecule has 0 radical (unpaired) electrons. The molecule has 22 heavy (non-hydrogen) atoms. The smallest absolute Gasteiger partial charge is 0.115 e. The number of aromatic hydroxyl groups is 2. The number of phenols is 2. The number of hydrogen-bond donors (Lipinski definition) is 2. The molecule has 0 fully saturated rings. The van der Waals surface area contributed by atoms with Crippen LogP contribution in [0.5, 0.6) is 11.5 Å². The van der Waals surface area contributed by atoms with E-state index in [0.717, 1.165) is 16.7 Å². The highest BCUT2D eigenvalue weighted by molar-refractivity contribution is 5.52. The molecule has 2 aromatic rings. The summed E-state index contributed by atoms with van der Waals surface area (Å²) in [6.45, 7) is 6.17. The van der Waals surface area contributed by atoms with Crippen LogP contribution in [0.4, 0.5) is 0 Å². The summed E-state index contributed by atoms with van der Waals surface area (Å²) in [5.74, 6) is 0.509. The molecule has 0 saturated carbocycles. The fourth-order valence-corrected chi connectivity index (χ4v) is 2.82. The second-order valence-corrected chi connectivity index (χ2v) is 5.46. The molecule has 2 nitrogen and oxygen atoms in total. The Morgan fingerprint density at radius 2 is 1.23 bits per heavy atom. The average molecular weight is 294 g/mol. The predicted molar refractivity (Wildman–Crippen MR) is 91.2 cm³/mol. The van der Waals surface area contributed by atoms with Crippen LogP contribution >= 0.6 is 0 Å². The van der Waals surface area contributed by atoms with Crippen LogP contribution < -0.4 is 0 Å². The highest BCUT2D eigenvalue weighted by Crippen LogP contribution is 2.40. The van der Waals surface area contributed by atoms with Gasteiger partial charge in [-0.2, -0.15) is 0 Å². The van der Waals surface area contributed by atoms with Crippen LogP contribution in [0.15, 0.2) is 72.3 Å². The van der Waals surface area contributed by atoms with Gasteiger partial charge in [-0.05, 0) is 61.7 Å². The number of allylic oxidation sites excluding steroid dienone is 4. The first-order valence-electron chi connectivity index (χ1n) is 7.41. The van der Waals surface area contributed by atoms with Gasteiger partial charge in [0.2, 0.25) is 0 Å². The van der Waals surface area contributed by atoms with Crippen molar-refractivity contribution in [2.75, 3.05) is 0 Å². The summed E-state index contributed by atoms with van der Waals surface area (Å²) in [6, 6.07) is 14.6. The van der Waals surface area contributed by atoms with Gasteiger partial charge in [-0.3, -0.25) is 0 Å². The summed E-state index contributed by atoms with van der Waals surface area (Å²) in [4.78, 5) is 0. The molecule has 0 aliphatic rings. The van der Waals surface area contributed by atoms with E-state index in [0.29, 0.717) is 0 Å². The average Bonchev–Trinajstić information content (AvgIpc) is 2.53. The van der Waals surface area contributed by atoms with Crippen molar-refractivity contribution in [2.45, 2.75) is 26.2 Å². The molecule has 0 saturated heterocycles. The number of hydrogen-bond acceptors (Lipinski definition) is 2. The fourth-order valence-electron chi connectivity index (χ4n) is 2.82. The van der Waals surface area contributed by atoms with Crippen molar-refractivity contribution < 1.29 is 10.2 Å². The summed E-state index contributed by atoms with van der Waals surface area (Å²) in [5, 5.41) is 19.1. The molecule has 0 amide bonds. The standard InChI is InChI=1S/C20H22O2/c1-4-6-15(5-2)20(3,16-7-11-18(21)12-8-16)17-9-13-19(22)14-10-17/h4-14,21-22H,1-3H3/b6-4-,15-5+. The lowest BCUT2D eigenvalue weighted by atomic mass is 9.70. The topological polar surface area (TPSA) is 40.5 Å². The zero-order valence-corrected chi connectivity index (χ0v) is 13.2. The molecule has 0 unspecified atom stereocenters. The van der Waals surface area contributed by atoms with Crippen LogP contribution in [-0.4, -0.2) is 10.2 Å². The molecular formula is C20H22O2. The van der Waals surface area contributed by atoms with Gasteiger partial charge in [0.15, 0.2) is 0 Å². The molecule has 2 N–H and O–H groups in total. The van der Waals surface area contributed by atoms with E-state index < -0.39 is 0 Å². The van der Waals surface area contributed by atoms with Crippen LogP contribution in [0.1, 0.15) is 31.9 Å². The van der Waals surface area contributed by atoms with E-state index in [1.165, 1.54) is 0 Å². The van der Waals surface area contributed by atoms with Gasteiger partial charge < -0.3 is 10.2 Å². The maximum absolute atomic E-state index is 9.57. The van der Waals surface area contributed by atoms with E-state index in [4.69, 9.17) is 0 Å². The number of phenolic OH excluding ortho intramolecular Hbond substituents is 2. The molecule has 0 spiro atoms. The molecule has 114 valence electrons. The van der Waals surface area contributed by atoms with Gasteiger partial charge in [-0.25, -0.2) is 0 Å². The monoisotopic (exact) mass is 294 g/mol. The fraction of sp³-hybridized carbons (Fsp3) is 0.200. The van der Waals surface area contributed by atoms with Crippen molar-refractivity contribution >= 4 is 0 Å². The second kappa shape index (κ2) is 6.52. The molecule has 2 rings (SSSR count). The lowest BCUT2D eigenvalue weighted by Gasteiger charge is -2.33. The van der Waals surface area contributed by atoms with Crippen LogP contribution in [0.2, 0.25) is 0 Å². The molecule has 0 heterocycles. The van der Waals surface area contributed by atoms with E-state index in [1.54, 1.807) is 24.3 Å². The van der Waals surface area contributed by atoms with Crippen LogP contribution in [-0.2, 0) is 5.41 Å². The van der Waals surface area contributed by atoms with Gasteiger partial charge in [0.1, 0.15) is 11.5 Å². The Morgan fingerprint density at radius 3 is 1.55 bits per heavy atom. The van der Waals surface area contributed by atoms with E-state index in [9.17, 15) is 10.2 Å². The first-order valence-corrected chi connectivity index (χ1v) is 7.41. The minimum atomic E-state index is -0.358. The maximum atomic E-state index is 9.57. The minimum Gasteiger partial charge on any atom is -0.508 e. The highest BCUT2D eigenvalue weighted by atomic mass is 16.3. The minimum absolute atomic E-state index is 0.255. The van der Waals surface area contributed by atoms with E-state index in [-0.39, 0.29) is 16.9 Å². The Balaban J connectivity index is 2.68. The summed E-state index contributed by atoms with van der Waals surface area (Å²) in [7, 11) is 0.